The molecule has 0 aromatic rings. The maximum absolute atomic E-state index is 12.3. The summed E-state index contributed by atoms with van der Waals surface area (Å²) in [5.41, 5.74) is 1.44. The zero-order valence-corrected chi connectivity index (χ0v) is 42.1. The first-order valence-corrected chi connectivity index (χ1v) is 26.6. The number of allylic oxidation sites excluding steroid dienone is 1. The molecule has 20 nitrogen and oxygen atoms in total. The van der Waals surface area contributed by atoms with E-state index in [1.165, 1.54) is 26.3 Å². The summed E-state index contributed by atoms with van der Waals surface area (Å²) in [5.74, 6) is 2.47. The third-order valence-electron chi connectivity index (χ3n) is 19.7. The average Bonchev–Trinajstić information content (AvgIpc) is 3.79. The molecule has 6 saturated heterocycles. The van der Waals surface area contributed by atoms with Gasteiger partial charge in [0.15, 0.2) is 30.9 Å². The van der Waals surface area contributed by atoms with Crippen molar-refractivity contribution in [2.24, 2.45) is 46.3 Å². The van der Waals surface area contributed by atoms with Crippen molar-refractivity contribution in [3.8, 4) is 0 Å². The van der Waals surface area contributed by atoms with Crippen LogP contribution in [0.3, 0.4) is 0 Å². The van der Waals surface area contributed by atoms with E-state index in [0.717, 1.165) is 51.6 Å². The summed E-state index contributed by atoms with van der Waals surface area (Å²) in [6.07, 6.45) is -19.9. The summed E-state index contributed by atoms with van der Waals surface area (Å²) in [6.45, 7) is 14.0. The number of hydrogen-bond acceptors (Lipinski definition) is 20. The van der Waals surface area contributed by atoms with Crippen LogP contribution >= 0.6 is 0 Å². The molecule has 9 fully saturated rings. The maximum Gasteiger partial charge on any atom is 0.187 e. The molecule has 6 aliphatic heterocycles. The largest absolute Gasteiger partial charge is 0.394 e. The van der Waals surface area contributed by atoms with Gasteiger partial charge in [0, 0.05) is 12.3 Å². The Balaban J connectivity index is 0.864. The molecule has 3 saturated carbocycles. The van der Waals surface area contributed by atoms with E-state index in [2.05, 4.69) is 33.8 Å². The van der Waals surface area contributed by atoms with Gasteiger partial charge in [-0.1, -0.05) is 39.3 Å². The number of hydrogen-bond donors (Lipinski definition) is 10. The predicted molar refractivity (Wildman–Crippen MR) is 244 cm³/mol. The SMILES string of the molecule is C[C@H]1CC[C@]2(OC1)O[C@@H]1C[C@@H]3[C@@H]4CC=C5C[C@H](O[C@H]6O[C@@H](CO)[C@@H](O[C@H]7O[C@H](C)[C@H](O)[C@@H](O)[C@H]7O[C@H]7O[C@@H](C)[C@H](O)[C@@H](O)[C@@H]7O)[C@@H](O[C@H]7O[C@@H](C)[C@@H](O)[C@@H](O)[C@H]7O)[C@@H]6O)CC[C@]5(C)[C@H]4CC[C@]3(C)[C@@H]1[C@H]2C. The summed E-state index contributed by atoms with van der Waals surface area (Å²) >= 11 is 0. The Morgan fingerprint density at radius 1 is 0.592 bits per heavy atom. The molecule has 0 bridgehead atoms. The minimum absolute atomic E-state index is 0.0541. The Bertz CT molecular complexity index is 1890. The highest BCUT2D eigenvalue weighted by atomic mass is 16.8. The molecular formula is C51H82O20. The van der Waals surface area contributed by atoms with Crippen molar-refractivity contribution in [1.82, 2.24) is 0 Å². The molecule has 0 aromatic carbocycles. The molecule has 0 aromatic heterocycles. The van der Waals surface area contributed by atoms with Crippen LogP contribution in [0.4, 0.5) is 0 Å². The van der Waals surface area contributed by atoms with Crippen LogP contribution in [0.1, 0.15) is 106 Å². The van der Waals surface area contributed by atoms with Crippen LogP contribution in [-0.4, -0.2) is 205 Å². The van der Waals surface area contributed by atoms with Gasteiger partial charge in [-0.05, 0) is 113 Å². The van der Waals surface area contributed by atoms with Gasteiger partial charge in [-0.3, -0.25) is 0 Å². The van der Waals surface area contributed by atoms with Gasteiger partial charge in [0.2, 0.25) is 0 Å². The Hall–Kier alpha value is -1.06. The number of fused-ring (bicyclic) bond motifs is 7. The molecule has 71 heavy (non-hydrogen) atoms. The molecule has 4 aliphatic carbocycles. The van der Waals surface area contributed by atoms with E-state index in [-0.39, 0.29) is 16.9 Å². The van der Waals surface area contributed by atoms with Crippen LogP contribution in [-0.2, 0) is 47.4 Å². The smallest absolute Gasteiger partial charge is 0.187 e. The van der Waals surface area contributed by atoms with Gasteiger partial charge in [0.25, 0.3) is 0 Å². The van der Waals surface area contributed by atoms with E-state index in [1.807, 2.05) is 0 Å². The quantitative estimate of drug-likeness (QED) is 0.137. The summed E-state index contributed by atoms with van der Waals surface area (Å²) in [6, 6.07) is 0. The minimum atomic E-state index is -1.81. The lowest BCUT2D eigenvalue weighted by atomic mass is 9.47. The molecule has 1 spiro atoms. The van der Waals surface area contributed by atoms with E-state index >= 15 is 0 Å². The minimum Gasteiger partial charge on any atom is -0.394 e. The van der Waals surface area contributed by atoms with Crippen molar-refractivity contribution in [3.05, 3.63) is 11.6 Å². The van der Waals surface area contributed by atoms with Gasteiger partial charge >= 0.3 is 0 Å². The molecule has 0 amide bonds. The molecule has 20 heteroatoms. The fourth-order valence-corrected chi connectivity index (χ4v) is 15.4. The van der Waals surface area contributed by atoms with Crippen molar-refractivity contribution < 1.29 is 98.4 Å². The number of rotatable bonds is 9. The summed E-state index contributed by atoms with van der Waals surface area (Å²) in [7, 11) is 0. The van der Waals surface area contributed by atoms with Gasteiger partial charge in [0.1, 0.15) is 79.4 Å². The summed E-state index contributed by atoms with van der Waals surface area (Å²) < 4.78 is 62.7. The van der Waals surface area contributed by atoms with Crippen LogP contribution < -0.4 is 0 Å². The molecule has 6 heterocycles. The molecule has 31 atom stereocenters. The van der Waals surface area contributed by atoms with Gasteiger partial charge in [-0.15, -0.1) is 0 Å². The number of aliphatic hydroxyl groups is 10. The first-order valence-electron chi connectivity index (χ1n) is 26.6. The Morgan fingerprint density at radius 2 is 1.18 bits per heavy atom. The summed E-state index contributed by atoms with van der Waals surface area (Å²) in [5, 5.41) is 110. The van der Waals surface area contributed by atoms with Crippen LogP contribution in [0.25, 0.3) is 0 Å². The van der Waals surface area contributed by atoms with Crippen LogP contribution in [0.15, 0.2) is 11.6 Å². The maximum atomic E-state index is 12.3. The van der Waals surface area contributed by atoms with Crippen molar-refractivity contribution >= 4 is 0 Å². The molecule has 10 aliphatic rings. The fraction of sp³-hybridized carbons (Fsp3) is 0.961. The second-order valence-corrected chi connectivity index (χ2v) is 23.8. The highest BCUT2D eigenvalue weighted by molar-refractivity contribution is 5.26. The van der Waals surface area contributed by atoms with E-state index in [0.29, 0.717) is 48.3 Å². The Kier molecular flexibility index (Phi) is 15.1. The zero-order valence-electron chi connectivity index (χ0n) is 42.1. The highest BCUT2D eigenvalue weighted by Crippen LogP contribution is 2.71. The molecule has 10 rings (SSSR count). The van der Waals surface area contributed by atoms with Crippen LogP contribution in [0.5, 0.6) is 0 Å². The lowest BCUT2D eigenvalue weighted by Crippen LogP contribution is -2.67. The van der Waals surface area contributed by atoms with Crippen molar-refractivity contribution in [2.75, 3.05) is 13.2 Å². The van der Waals surface area contributed by atoms with E-state index in [4.69, 9.17) is 47.4 Å². The van der Waals surface area contributed by atoms with Crippen LogP contribution in [0.2, 0.25) is 0 Å². The van der Waals surface area contributed by atoms with Gasteiger partial charge in [-0.2, -0.15) is 0 Å². The molecule has 406 valence electrons. The first-order chi connectivity index (χ1) is 33.6. The molecule has 0 unspecified atom stereocenters. The first kappa shape index (κ1) is 53.3. The zero-order chi connectivity index (χ0) is 50.8. The lowest BCUT2D eigenvalue weighted by molar-refractivity contribution is -0.400. The topological polar surface area (TPSA) is 295 Å². The second kappa shape index (κ2) is 20.1. The van der Waals surface area contributed by atoms with Gasteiger partial charge < -0.3 is 98.4 Å². The average molecular weight is 1020 g/mol. The summed E-state index contributed by atoms with van der Waals surface area (Å²) in [4.78, 5) is 0. The van der Waals surface area contributed by atoms with Gasteiger partial charge in [0.05, 0.1) is 43.7 Å². The third kappa shape index (κ3) is 9.03. The third-order valence-corrected chi connectivity index (χ3v) is 19.7. The molecule has 10 N–H and O–H groups in total. The fourth-order valence-electron chi connectivity index (χ4n) is 15.4. The lowest BCUT2D eigenvalue weighted by Gasteiger charge is -2.58. The van der Waals surface area contributed by atoms with E-state index < -0.39 is 141 Å². The monoisotopic (exact) mass is 1010 g/mol. The normalized spacial score (nSPS) is 58.4. The van der Waals surface area contributed by atoms with Crippen molar-refractivity contribution in [2.45, 2.75) is 247 Å². The van der Waals surface area contributed by atoms with Crippen molar-refractivity contribution in [3.63, 3.8) is 0 Å². The van der Waals surface area contributed by atoms with Crippen LogP contribution in [0, 0.1) is 46.3 Å². The Morgan fingerprint density at radius 3 is 1.80 bits per heavy atom. The van der Waals surface area contributed by atoms with E-state index in [9.17, 15) is 51.1 Å². The van der Waals surface area contributed by atoms with Gasteiger partial charge in [-0.25, -0.2) is 0 Å². The molecule has 0 radical (unpaired) electrons. The van der Waals surface area contributed by atoms with E-state index in [1.54, 1.807) is 0 Å². The number of ether oxygens (including phenoxy) is 10. The number of aliphatic hydroxyl groups excluding tert-OH is 10. The Labute approximate surface area is 415 Å². The predicted octanol–water partition coefficient (Wildman–Crippen LogP) is 0.0935. The second-order valence-electron chi connectivity index (χ2n) is 23.8. The highest BCUT2D eigenvalue weighted by Gasteiger charge is 2.69. The van der Waals surface area contributed by atoms with Crippen molar-refractivity contribution in [1.29, 1.82) is 0 Å². The standard InChI is InChI=1S/C51H82O20/c1-20-10-15-51(62-19-20)21(2)32-30(71-51)17-29-27-9-8-25-16-26(11-13-49(25,6)28(27)12-14-50(29,32)7)66-47-41(61)43(69-45-39(59)36(56)33(53)22(3)63-45)42(31(18-52)67-47)68-48-44(38(58)35(55)24(5)65-48)70-46-40(60)37(57)34(54)23(4)64-46/h8,20-24,26-48,52-61H,9-19H2,1-7H3/t20-,21+,22-,23-,24+,26+,27+,28-,29+,30+,31-,32+,33+,34-,35-,36+,37+,38+,39+,40-,41-,42+,43-,44+,45+,46+,47-,48+,49-,50-,51-/m0/s1. The molecular weight excluding hydrogens is 933 g/mol.